The molecule has 1 fully saturated rings. The van der Waals surface area contributed by atoms with Crippen molar-refractivity contribution in [3.8, 4) is 0 Å². The van der Waals surface area contributed by atoms with E-state index in [2.05, 4.69) is 42.3 Å². The van der Waals surface area contributed by atoms with Gasteiger partial charge in [-0.05, 0) is 50.9 Å². The van der Waals surface area contributed by atoms with E-state index < -0.39 is 0 Å². The van der Waals surface area contributed by atoms with E-state index in [1.54, 1.807) is 0 Å². The predicted molar refractivity (Wildman–Crippen MR) is 89.2 cm³/mol. The number of hydrogen-bond acceptors (Lipinski definition) is 3. The average Bonchev–Trinajstić information content (AvgIpc) is 2.73. The molecule has 1 aromatic heterocycles. The first-order chi connectivity index (χ1) is 10.3. The van der Waals surface area contributed by atoms with Gasteiger partial charge in [0, 0.05) is 19.1 Å². The van der Waals surface area contributed by atoms with E-state index in [0.29, 0.717) is 0 Å². The van der Waals surface area contributed by atoms with Crippen molar-refractivity contribution in [1.29, 1.82) is 0 Å². The molecule has 118 valence electrons. The van der Waals surface area contributed by atoms with Gasteiger partial charge in [0.1, 0.15) is 0 Å². The van der Waals surface area contributed by atoms with Crippen molar-refractivity contribution >= 4 is 0 Å². The van der Waals surface area contributed by atoms with Crippen LogP contribution < -0.4 is 5.32 Å². The maximum atomic E-state index is 4.83. The molecular weight excluding hydrogens is 258 g/mol. The molecule has 1 aromatic rings. The molecule has 3 heteroatoms. The molecule has 0 aliphatic carbocycles. The minimum absolute atomic E-state index is 0.746. The second-order valence-corrected chi connectivity index (χ2v) is 6.18. The third-order valence-corrected chi connectivity index (χ3v) is 4.43. The highest BCUT2D eigenvalue weighted by molar-refractivity contribution is 5.11. The summed E-state index contributed by atoms with van der Waals surface area (Å²) in [4.78, 5) is 7.49. The Kier molecular flexibility index (Phi) is 7.17. The largest absolute Gasteiger partial charge is 0.311 e. The first-order valence-corrected chi connectivity index (χ1v) is 8.73. The van der Waals surface area contributed by atoms with Crippen LogP contribution in [0.15, 0.2) is 18.2 Å². The summed E-state index contributed by atoms with van der Waals surface area (Å²) in [6.07, 6.45) is 7.91. The van der Waals surface area contributed by atoms with E-state index in [0.717, 1.165) is 25.7 Å². The van der Waals surface area contributed by atoms with E-state index in [9.17, 15) is 0 Å². The zero-order chi connectivity index (χ0) is 14.9. The Balaban J connectivity index is 1.95. The van der Waals surface area contributed by atoms with E-state index in [1.165, 1.54) is 56.5 Å². The van der Waals surface area contributed by atoms with Gasteiger partial charge in [-0.3, -0.25) is 9.88 Å². The molecule has 1 atom stereocenters. The Morgan fingerprint density at radius 1 is 1.19 bits per heavy atom. The molecule has 1 unspecified atom stereocenters. The Hall–Kier alpha value is -0.930. The zero-order valence-corrected chi connectivity index (χ0v) is 13.8. The smallest absolute Gasteiger partial charge is 0.0547 e. The summed E-state index contributed by atoms with van der Waals surface area (Å²) in [7, 11) is 0. The van der Waals surface area contributed by atoms with Crippen molar-refractivity contribution in [2.45, 2.75) is 71.5 Å². The van der Waals surface area contributed by atoms with Gasteiger partial charge in [0.05, 0.1) is 11.4 Å². The molecule has 0 saturated carbocycles. The van der Waals surface area contributed by atoms with Crippen molar-refractivity contribution in [3.63, 3.8) is 0 Å². The standard InChI is InChI=1S/C18H31N3/c1-3-12-19-14-16-9-8-10-17(20-16)15-21-13-7-5-6-11-18(21)4-2/h8-10,18-19H,3-7,11-15H2,1-2H3. The molecule has 2 heterocycles. The molecule has 0 bridgehead atoms. The van der Waals surface area contributed by atoms with Crippen molar-refractivity contribution in [2.75, 3.05) is 13.1 Å². The number of likely N-dealkylation sites (tertiary alicyclic amines) is 1. The van der Waals surface area contributed by atoms with Crippen LogP contribution in [0, 0.1) is 0 Å². The number of nitrogens with zero attached hydrogens (tertiary/aromatic N) is 2. The van der Waals surface area contributed by atoms with Crippen molar-refractivity contribution in [2.24, 2.45) is 0 Å². The molecule has 1 N–H and O–H groups in total. The molecule has 2 rings (SSSR count). The number of aromatic nitrogens is 1. The van der Waals surface area contributed by atoms with Crippen LogP contribution in [0.25, 0.3) is 0 Å². The molecule has 0 amide bonds. The molecule has 1 aliphatic heterocycles. The minimum Gasteiger partial charge on any atom is -0.311 e. The lowest BCUT2D eigenvalue weighted by Gasteiger charge is -2.28. The maximum Gasteiger partial charge on any atom is 0.0547 e. The van der Waals surface area contributed by atoms with Gasteiger partial charge >= 0.3 is 0 Å². The summed E-state index contributed by atoms with van der Waals surface area (Å²) in [5, 5.41) is 3.44. The zero-order valence-electron chi connectivity index (χ0n) is 13.8. The molecular formula is C18H31N3. The summed E-state index contributed by atoms with van der Waals surface area (Å²) in [5.74, 6) is 0. The van der Waals surface area contributed by atoms with Crippen LogP contribution in [0.1, 0.15) is 63.8 Å². The van der Waals surface area contributed by atoms with Crippen LogP contribution >= 0.6 is 0 Å². The number of nitrogens with one attached hydrogen (secondary N) is 1. The fourth-order valence-corrected chi connectivity index (χ4v) is 3.22. The van der Waals surface area contributed by atoms with Crippen LogP contribution in [-0.2, 0) is 13.1 Å². The first-order valence-electron chi connectivity index (χ1n) is 8.73. The molecule has 0 radical (unpaired) electrons. The highest BCUT2D eigenvalue weighted by atomic mass is 15.2. The molecule has 21 heavy (non-hydrogen) atoms. The fraction of sp³-hybridized carbons (Fsp3) is 0.722. The molecule has 0 aromatic carbocycles. The second kappa shape index (κ2) is 9.16. The van der Waals surface area contributed by atoms with Crippen molar-refractivity contribution < 1.29 is 0 Å². The lowest BCUT2D eigenvalue weighted by Crippen LogP contribution is -2.34. The fourth-order valence-electron chi connectivity index (χ4n) is 3.22. The quantitative estimate of drug-likeness (QED) is 0.775. The van der Waals surface area contributed by atoms with Gasteiger partial charge < -0.3 is 5.32 Å². The number of hydrogen-bond donors (Lipinski definition) is 1. The Bertz CT molecular complexity index is 405. The summed E-state index contributed by atoms with van der Waals surface area (Å²) >= 11 is 0. The van der Waals surface area contributed by atoms with Gasteiger partial charge in [0.2, 0.25) is 0 Å². The summed E-state index contributed by atoms with van der Waals surface area (Å²) in [6, 6.07) is 7.22. The van der Waals surface area contributed by atoms with Crippen LogP contribution in [0.4, 0.5) is 0 Å². The second-order valence-electron chi connectivity index (χ2n) is 6.18. The summed E-state index contributed by atoms with van der Waals surface area (Å²) in [6.45, 7) is 8.72. The van der Waals surface area contributed by atoms with Gasteiger partial charge in [-0.25, -0.2) is 0 Å². The van der Waals surface area contributed by atoms with Gasteiger partial charge in [0.15, 0.2) is 0 Å². The van der Waals surface area contributed by atoms with Crippen molar-refractivity contribution in [3.05, 3.63) is 29.6 Å². The highest BCUT2D eigenvalue weighted by Gasteiger charge is 2.19. The van der Waals surface area contributed by atoms with Gasteiger partial charge in [-0.2, -0.15) is 0 Å². The third-order valence-electron chi connectivity index (χ3n) is 4.43. The SMILES string of the molecule is CCCNCc1cccc(CN2CCCCCC2CC)n1. The van der Waals surface area contributed by atoms with Gasteiger partial charge in [-0.15, -0.1) is 0 Å². The lowest BCUT2D eigenvalue weighted by atomic mass is 10.1. The van der Waals surface area contributed by atoms with Crippen LogP contribution in [0.2, 0.25) is 0 Å². The van der Waals surface area contributed by atoms with E-state index in [1.807, 2.05) is 0 Å². The Morgan fingerprint density at radius 2 is 2.05 bits per heavy atom. The summed E-state index contributed by atoms with van der Waals surface area (Å²) in [5.41, 5.74) is 2.40. The first kappa shape index (κ1) is 16.4. The van der Waals surface area contributed by atoms with Gasteiger partial charge in [-0.1, -0.05) is 32.8 Å². The predicted octanol–water partition coefficient (Wildman–Crippen LogP) is 3.74. The van der Waals surface area contributed by atoms with Crippen LogP contribution in [0.3, 0.4) is 0 Å². The maximum absolute atomic E-state index is 4.83. The molecule has 1 aliphatic rings. The van der Waals surface area contributed by atoms with Crippen LogP contribution in [0.5, 0.6) is 0 Å². The molecule has 0 spiro atoms. The van der Waals surface area contributed by atoms with Gasteiger partial charge in [0.25, 0.3) is 0 Å². The Labute approximate surface area is 130 Å². The molecule has 3 nitrogen and oxygen atoms in total. The summed E-state index contributed by atoms with van der Waals surface area (Å²) < 4.78 is 0. The lowest BCUT2D eigenvalue weighted by molar-refractivity contribution is 0.184. The average molecular weight is 289 g/mol. The number of rotatable bonds is 7. The third kappa shape index (κ3) is 5.40. The topological polar surface area (TPSA) is 28.2 Å². The molecule has 1 saturated heterocycles. The van der Waals surface area contributed by atoms with E-state index in [4.69, 9.17) is 4.98 Å². The normalized spacial score (nSPS) is 20.4. The van der Waals surface area contributed by atoms with Crippen LogP contribution in [-0.4, -0.2) is 29.0 Å². The number of pyridine rings is 1. The Morgan fingerprint density at radius 3 is 2.86 bits per heavy atom. The van der Waals surface area contributed by atoms with E-state index >= 15 is 0 Å². The monoisotopic (exact) mass is 289 g/mol. The highest BCUT2D eigenvalue weighted by Crippen LogP contribution is 2.20. The van der Waals surface area contributed by atoms with Crippen molar-refractivity contribution in [1.82, 2.24) is 15.2 Å². The minimum atomic E-state index is 0.746. The van der Waals surface area contributed by atoms with E-state index in [-0.39, 0.29) is 0 Å².